The molecule has 0 saturated carbocycles. The molecule has 222 valence electrons. The van der Waals surface area contributed by atoms with E-state index in [0.717, 1.165) is 0 Å². The first-order valence-electron chi connectivity index (χ1n) is 13.6. The Morgan fingerprint density at radius 1 is 0.818 bits per heavy atom. The van der Waals surface area contributed by atoms with Crippen molar-refractivity contribution in [1.29, 1.82) is 0 Å². The molecule has 44 heavy (non-hydrogen) atoms. The van der Waals surface area contributed by atoms with Gasteiger partial charge in [-0.1, -0.05) is 30.3 Å². The van der Waals surface area contributed by atoms with Crippen LogP contribution in [0.2, 0.25) is 0 Å². The normalized spacial score (nSPS) is 10.9. The maximum atomic E-state index is 13.4. The van der Waals surface area contributed by atoms with Gasteiger partial charge in [-0.2, -0.15) is 5.10 Å². The Morgan fingerprint density at radius 3 is 2.34 bits per heavy atom. The number of carbonyl (C=O) groups excluding carboxylic acids is 2. The molecular formula is C34H30N4O6. The number of pyridine rings is 1. The molecule has 2 amide bonds. The highest BCUT2D eigenvalue weighted by Gasteiger charge is 2.17. The van der Waals surface area contributed by atoms with Gasteiger partial charge in [0.2, 0.25) is 0 Å². The number of aromatic nitrogens is 1. The number of nitrogens with zero attached hydrogens (tertiary/aromatic N) is 2. The summed E-state index contributed by atoms with van der Waals surface area (Å²) in [6.45, 7) is 0.112. The summed E-state index contributed by atoms with van der Waals surface area (Å²) in [6, 6.07) is 26.6. The number of fused-ring (bicyclic) bond motifs is 1. The van der Waals surface area contributed by atoms with Crippen LogP contribution in [0.15, 0.2) is 96.1 Å². The zero-order valence-corrected chi connectivity index (χ0v) is 24.4. The third kappa shape index (κ3) is 6.44. The molecule has 0 aliphatic rings. The molecule has 0 spiro atoms. The summed E-state index contributed by atoms with van der Waals surface area (Å²) in [5.74, 6) is 1.18. The molecule has 5 rings (SSSR count). The molecule has 3 N–H and O–H groups in total. The highest BCUT2D eigenvalue weighted by Crippen LogP contribution is 2.34. The molecule has 10 nitrogen and oxygen atoms in total. The summed E-state index contributed by atoms with van der Waals surface area (Å²) in [7, 11) is 4.71. The monoisotopic (exact) mass is 590 g/mol. The lowest BCUT2D eigenvalue weighted by Gasteiger charge is -2.13. The molecule has 0 saturated heterocycles. The number of methoxy groups -OCH3 is 3. The van der Waals surface area contributed by atoms with E-state index in [1.165, 1.54) is 6.21 Å². The summed E-state index contributed by atoms with van der Waals surface area (Å²) in [4.78, 5) is 30.0. The van der Waals surface area contributed by atoms with Crippen molar-refractivity contribution < 1.29 is 28.5 Å². The fourth-order valence-electron chi connectivity index (χ4n) is 4.68. The van der Waals surface area contributed by atoms with Crippen LogP contribution in [-0.2, 0) is 6.61 Å². The molecule has 10 heteroatoms. The van der Waals surface area contributed by atoms with Crippen molar-refractivity contribution in [3.8, 4) is 34.3 Å². The standard InChI is InChI=1S/C34H30N4O6/c1-41-23-13-15-31(43-3)27(17-23)29-18-26(24-8-4-6-10-28(24)37-29)34(40)38-36-19-21-12-14-30(42-2)22(16-21)20-44-32-11-7-5-9-25(32)33(35)39/h4-19H,20H2,1-3H3,(H2,35,39)(H,38,40)/b36-19+. The Kier molecular flexibility index (Phi) is 9.00. The first-order valence-corrected chi connectivity index (χ1v) is 13.6. The number of nitrogens with two attached hydrogens (primary N) is 1. The van der Waals surface area contributed by atoms with E-state index in [1.54, 1.807) is 75.9 Å². The SMILES string of the molecule is COc1ccc(OC)c(-c2cc(C(=O)N/N=C/c3ccc(OC)c(COc4ccccc4C(N)=O)c3)c3ccccc3n2)c1. The van der Waals surface area contributed by atoms with E-state index in [1.807, 2.05) is 36.4 Å². The van der Waals surface area contributed by atoms with Crippen molar-refractivity contribution >= 4 is 28.9 Å². The second-order valence-electron chi connectivity index (χ2n) is 9.56. The van der Waals surface area contributed by atoms with Gasteiger partial charge in [-0.25, -0.2) is 10.4 Å². The number of hydrogen-bond donors (Lipinski definition) is 2. The average Bonchev–Trinajstić information content (AvgIpc) is 3.06. The lowest BCUT2D eigenvalue weighted by molar-refractivity contribution is 0.0955. The van der Waals surface area contributed by atoms with Gasteiger partial charge in [0.05, 0.1) is 49.9 Å². The highest BCUT2D eigenvalue weighted by molar-refractivity contribution is 6.07. The molecule has 0 aliphatic heterocycles. The molecule has 0 bridgehead atoms. The Balaban J connectivity index is 1.39. The number of ether oxygens (including phenoxy) is 4. The van der Waals surface area contributed by atoms with Crippen LogP contribution in [-0.4, -0.2) is 44.3 Å². The second kappa shape index (κ2) is 13.4. The van der Waals surface area contributed by atoms with E-state index < -0.39 is 11.8 Å². The minimum atomic E-state index is -0.582. The van der Waals surface area contributed by atoms with E-state index in [9.17, 15) is 9.59 Å². The Bertz CT molecular complexity index is 1870. The number of primary amides is 1. The Labute approximate surface area is 254 Å². The fourth-order valence-corrected chi connectivity index (χ4v) is 4.68. The summed E-state index contributed by atoms with van der Waals surface area (Å²) < 4.78 is 22.3. The van der Waals surface area contributed by atoms with Crippen LogP contribution in [0.1, 0.15) is 31.8 Å². The molecule has 1 aromatic heterocycles. The third-order valence-corrected chi connectivity index (χ3v) is 6.86. The van der Waals surface area contributed by atoms with Crippen LogP contribution in [0.5, 0.6) is 23.0 Å². The van der Waals surface area contributed by atoms with Gasteiger partial charge in [0, 0.05) is 16.5 Å². The van der Waals surface area contributed by atoms with Crippen LogP contribution in [0.3, 0.4) is 0 Å². The first kappa shape index (κ1) is 29.6. The summed E-state index contributed by atoms with van der Waals surface area (Å²) in [5.41, 5.74) is 12.0. The van der Waals surface area contributed by atoms with E-state index >= 15 is 0 Å². The van der Waals surface area contributed by atoms with E-state index in [-0.39, 0.29) is 12.2 Å². The zero-order chi connectivity index (χ0) is 31.1. The molecular weight excluding hydrogens is 560 g/mol. The maximum Gasteiger partial charge on any atom is 0.272 e. The predicted octanol–water partition coefficient (Wildman–Crippen LogP) is 5.37. The quantitative estimate of drug-likeness (QED) is 0.156. The molecule has 0 fully saturated rings. The maximum absolute atomic E-state index is 13.4. The number of hydrazone groups is 1. The van der Waals surface area contributed by atoms with Crippen LogP contribution in [0.25, 0.3) is 22.2 Å². The number of benzene rings is 4. The van der Waals surface area contributed by atoms with Crippen molar-refractivity contribution in [2.24, 2.45) is 10.8 Å². The molecule has 5 aromatic rings. The van der Waals surface area contributed by atoms with Gasteiger partial charge in [0.25, 0.3) is 11.8 Å². The van der Waals surface area contributed by atoms with Crippen LogP contribution in [0, 0.1) is 0 Å². The van der Waals surface area contributed by atoms with Crippen molar-refractivity contribution in [1.82, 2.24) is 10.4 Å². The van der Waals surface area contributed by atoms with Crippen LogP contribution in [0.4, 0.5) is 0 Å². The number of nitrogens with one attached hydrogen (secondary N) is 1. The molecule has 4 aromatic carbocycles. The second-order valence-corrected chi connectivity index (χ2v) is 9.56. The molecule has 1 heterocycles. The van der Waals surface area contributed by atoms with E-state index in [2.05, 4.69) is 10.5 Å². The minimum absolute atomic E-state index is 0.112. The molecule has 0 radical (unpaired) electrons. The third-order valence-electron chi connectivity index (χ3n) is 6.86. The molecule has 0 aliphatic carbocycles. The van der Waals surface area contributed by atoms with Crippen molar-refractivity contribution in [2.45, 2.75) is 6.61 Å². The van der Waals surface area contributed by atoms with Crippen LogP contribution >= 0.6 is 0 Å². The van der Waals surface area contributed by atoms with Gasteiger partial charge in [-0.05, 0) is 66.2 Å². The number of hydrogen-bond acceptors (Lipinski definition) is 8. The van der Waals surface area contributed by atoms with Crippen molar-refractivity contribution in [3.63, 3.8) is 0 Å². The highest BCUT2D eigenvalue weighted by atomic mass is 16.5. The number of rotatable bonds is 11. The summed E-state index contributed by atoms with van der Waals surface area (Å²) in [5, 5.41) is 4.88. The Hall–Kier alpha value is -5.90. The number of amides is 2. The minimum Gasteiger partial charge on any atom is -0.497 e. The predicted molar refractivity (Wildman–Crippen MR) is 168 cm³/mol. The van der Waals surface area contributed by atoms with E-state index in [4.69, 9.17) is 29.7 Å². The van der Waals surface area contributed by atoms with Gasteiger partial charge in [0.1, 0.15) is 29.6 Å². The fraction of sp³-hybridized carbons (Fsp3) is 0.118. The lowest BCUT2D eigenvalue weighted by Crippen LogP contribution is -2.18. The average molecular weight is 591 g/mol. The zero-order valence-electron chi connectivity index (χ0n) is 24.4. The topological polar surface area (TPSA) is 134 Å². The van der Waals surface area contributed by atoms with Crippen molar-refractivity contribution in [3.05, 3.63) is 113 Å². The smallest absolute Gasteiger partial charge is 0.272 e. The molecule has 0 atom stereocenters. The van der Waals surface area contributed by atoms with Gasteiger partial charge >= 0.3 is 0 Å². The van der Waals surface area contributed by atoms with Gasteiger partial charge < -0.3 is 24.7 Å². The first-order chi connectivity index (χ1) is 21.4. The largest absolute Gasteiger partial charge is 0.497 e. The number of para-hydroxylation sites is 2. The Morgan fingerprint density at radius 2 is 1.57 bits per heavy atom. The summed E-state index contributed by atoms with van der Waals surface area (Å²) in [6.07, 6.45) is 1.52. The van der Waals surface area contributed by atoms with Crippen molar-refractivity contribution in [2.75, 3.05) is 21.3 Å². The van der Waals surface area contributed by atoms with Gasteiger partial charge in [0.15, 0.2) is 0 Å². The molecule has 0 unspecified atom stereocenters. The van der Waals surface area contributed by atoms with Gasteiger partial charge in [-0.15, -0.1) is 0 Å². The van der Waals surface area contributed by atoms with E-state index in [0.29, 0.717) is 61.8 Å². The number of carbonyl (C=O) groups is 2. The van der Waals surface area contributed by atoms with Gasteiger partial charge in [-0.3, -0.25) is 9.59 Å². The summed E-state index contributed by atoms with van der Waals surface area (Å²) >= 11 is 0. The van der Waals surface area contributed by atoms with Crippen LogP contribution < -0.4 is 30.1 Å². The lowest BCUT2D eigenvalue weighted by atomic mass is 10.0.